The number of urea groups is 1. The molecule has 0 heterocycles. The van der Waals surface area contributed by atoms with E-state index in [9.17, 15) is 9.59 Å². The number of halogens is 2. The van der Waals surface area contributed by atoms with Crippen molar-refractivity contribution < 1.29 is 9.59 Å². The molecule has 0 bridgehead atoms. The molecule has 0 aliphatic rings. The second-order valence-corrected chi connectivity index (χ2v) is 3.35. The Morgan fingerprint density at radius 2 is 1.64 bits per heavy atom. The van der Waals surface area contributed by atoms with Crippen molar-refractivity contribution in [2.24, 2.45) is 5.73 Å². The molecule has 0 aliphatic carbocycles. The SMILES string of the molecule is NC(=O)NC(=O)c1cc(Cl)cc(Cl)c1. The van der Waals surface area contributed by atoms with Crippen LogP contribution >= 0.6 is 23.2 Å². The smallest absolute Gasteiger partial charge is 0.319 e. The van der Waals surface area contributed by atoms with E-state index in [2.05, 4.69) is 0 Å². The van der Waals surface area contributed by atoms with Crippen LogP contribution in [0.2, 0.25) is 10.0 Å². The number of primary amides is 1. The molecule has 0 saturated carbocycles. The second kappa shape index (κ2) is 4.30. The Hall–Kier alpha value is -1.26. The quantitative estimate of drug-likeness (QED) is 0.776. The minimum Gasteiger partial charge on any atom is -0.351 e. The number of rotatable bonds is 1. The Kier molecular flexibility index (Phi) is 3.33. The van der Waals surface area contributed by atoms with Crippen LogP contribution in [0.1, 0.15) is 10.4 Å². The van der Waals surface area contributed by atoms with E-state index in [1.54, 1.807) is 0 Å². The fraction of sp³-hybridized carbons (Fsp3) is 0. The number of nitrogens with two attached hydrogens (primary N) is 1. The average Bonchev–Trinajstić information content (AvgIpc) is 2.00. The molecule has 6 heteroatoms. The Labute approximate surface area is 90.0 Å². The van der Waals surface area contributed by atoms with Gasteiger partial charge in [-0.1, -0.05) is 23.2 Å². The molecule has 1 aromatic rings. The first-order chi connectivity index (χ1) is 6.49. The molecule has 74 valence electrons. The highest BCUT2D eigenvalue weighted by Gasteiger charge is 2.09. The van der Waals surface area contributed by atoms with Crippen molar-refractivity contribution in [3.8, 4) is 0 Å². The van der Waals surface area contributed by atoms with Crippen LogP contribution in [-0.4, -0.2) is 11.9 Å². The number of carbonyl (C=O) groups is 2. The van der Waals surface area contributed by atoms with Crippen LogP contribution in [0.5, 0.6) is 0 Å². The molecule has 0 aromatic heterocycles. The van der Waals surface area contributed by atoms with Crippen molar-refractivity contribution in [2.75, 3.05) is 0 Å². The lowest BCUT2D eigenvalue weighted by atomic mass is 10.2. The first kappa shape index (κ1) is 10.8. The predicted molar refractivity (Wildman–Crippen MR) is 53.5 cm³/mol. The number of hydrogen-bond donors (Lipinski definition) is 2. The molecule has 14 heavy (non-hydrogen) atoms. The summed E-state index contributed by atoms with van der Waals surface area (Å²) < 4.78 is 0. The van der Waals surface area contributed by atoms with Gasteiger partial charge in [0.05, 0.1) is 0 Å². The predicted octanol–water partition coefficient (Wildman–Crippen LogP) is 1.80. The zero-order valence-electron chi connectivity index (χ0n) is 6.88. The van der Waals surface area contributed by atoms with Crippen molar-refractivity contribution in [3.05, 3.63) is 33.8 Å². The molecule has 0 saturated heterocycles. The minimum absolute atomic E-state index is 0.182. The molecule has 3 amide bonds. The Morgan fingerprint density at radius 3 is 2.07 bits per heavy atom. The molecule has 0 radical (unpaired) electrons. The molecule has 0 spiro atoms. The first-order valence-electron chi connectivity index (χ1n) is 3.56. The first-order valence-corrected chi connectivity index (χ1v) is 4.31. The molecular weight excluding hydrogens is 227 g/mol. The van der Waals surface area contributed by atoms with E-state index >= 15 is 0 Å². The van der Waals surface area contributed by atoms with Crippen LogP contribution in [0.3, 0.4) is 0 Å². The van der Waals surface area contributed by atoms with Gasteiger partial charge in [0, 0.05) is 15.6 Å². The fourth-order valence-corrected chi connectivity index (χ4v) is 1.40. The normalized spacial score (nSPS) is 9.57. The summed E-state index contributed by atoms with van der Waals surface area (Å²) >= 11 is 11.3. The van der Waals surface area contributed by atoms with Crippen LogP contribution < -0.4 is 11.1 Å². The number of carbonyl (C=O) groups excluding carboxylic acids is 2. The van der Waals surface area contributed by atoms with Gasteiger partial charge >= 0.3 is 6.03 Å². The maximum atomic E-state index is 11.2. The van der Waals surface area contributed by atoms with Gasteiger partial charge in [-0.3, -0.25) is 10.1 Å². The van der Waals surface area contributed by atoms with Crippen molar-refractivity contribution >= 4 is 35.1 Å². The number of amides is 3. The fourth-order valence-electron chi connectivity index (χ4n) is 0.869. The van der Waals surface area contributed by atoms with E-state index in [1.165, 1.54) is 18.2 Å². The van der Waals surface area contributed by atoms with E-state index in [-0.39, 0.29) is 5.56 Å². The highest BCUT2D eigenvalue weighted by atomic mass is 35.5. The van der Waals surface area contributed by atoms with Crippen LogP contribution in [0.25, 0.3) is 0 Å². The lowest BCUT2D eigenvalue weighted by Crippen LogP contribution is -2.34. The van der Waals surface area contributed by atoms with Crippen LogP contribution in [0.4, 0.5) is 4.79 Å². The topological polar surface area (TPSA) is 72.2 Å². The van der Waals surface area contributed by atoms with E-state index in [1.807, 2.05) is 5.32 Å². The summed E-state index contributed by atoms with van der Waals surface area (Å²) in [6.07, 6.45) is 0. The molecule has 0 atom stereocenters. The summed E-state index contributed by atoms with van der Waals surface area (Å²) in [5.41, 5.74) is 4.95. The van der Waals surface area contributed by atoms with Crippen molar-refractivity contribution in [2.45, 2.75) is 0 Å². The molecule has 0 unspecified atom stereocenters. The number of hydrogen-bond acceptors (Lipinski definition) is 2. The Morgan fingerprint density at radius 1 is 1.14 bits per heavy atom. The van der Waals surface area contributed by atoms with Gasteiger partial charge in [-0.25, -0.2) is 4.79 Å². The lowest BCUT2D eigenvalue weighted by molar-refractivity contribution is 0.0966. The van der Waals surface area contributed by atoms with Gasteiger partial charge in [-0.2, -0.15) is 0 Å². The monoisotopic (exact) mass is 232 g/mol. The second-order valence-electron chi connectivity index (χ2n) is 2.48. The third-order valence-electron chi connectivity index (χ3n) is 1.36. The van der Waals surface area contributed by atoms with Gasteiger partial charge in [0.2, 0.25) is 0 Å². The summed E-state index contributed by atoms with van der Waals surface area (Å²) in [7, 11) is 0. The summed E-state index contributed by atoms with van der Waals surface area (Å²) in [5, 5.41) is 2.52. The highest BCUT2D eigenvalue weighted by molar-refractivity contribution is 6.35. The maximum Gasteiger partial charge on any atom is 0.319 e. The number of imide groups is 1. The standard InChI is InChI=1S/C8H6Cl2N2O2/c9-5-1-4(2-6(10)3-5)7(13)12-8(11)14/h1-3H,(H3,11,12,13,14). The number of benzene rings is 1. The van der Waals surface area contributed by atoms with Gasteiger partial charge in [0.25, 0.3) is 5.91 Å². The average molecular weight is 233 g/mol. The largest absolute Gasteiger partial charge is 0.351 e. The van der Waals surface area contributed by atoms with Gasteiger partial charge in [-0.05, 0) is 18.2 Å². The molecule has 3 N–H and O–H groups in total. The third kappa shape index (κ3) is 2.90. The number of nitrogens with one attached hydrogen (secondary N) is 1. The van der Waals surface area contributed by atoms with Crippen LogP contribution in [0.15, 0.2) is 18.2 Å². The zero-order valence-corrected chi connectivity index (χ0v) is 8.39. The van der Waals surface area contributed by atoms with Gasteiger partial charge in [0.15, 0.2) is 0 Å². The molecule has 4 nitrogen and oxygen atoms in total. The van der Waals surface area contributed by atoms with Crippen molar-refractivity contribution in [1.29, 1.82) is 0 Å². The molecule has 1 aromatic carbocycles. The summed E-state index contributed by atoms with van der Waals surface area (Å²) in [6.45, 7) is 0. The van der Waals surface area contributed by atoms with Gasteiger partial charge in [0.1, 0.15) is 0 Å². The van der Waals surface area contributed by atoms with E-state index in [4.69, 9.17) is 28.9 Å². The summed E-state index contributed by atoms with van der Waals surface area (Å²) in [4.78, 5) is 21.6. The van der Waals surface area contributed by atoms with Gasteiger partial charge in [-0.15, -0.1) is 0 Å². The van der Waals surface area contributed by atoms with Crippen LogP contribution in [0, 0.1) is 0 Å². The lowest BCUT2D eigenvalue weighted by Gasteiger charge is -2.01. The zero-order chi connectivity index (χ0) is 10.7. The maximum absolute atomic E-state index is 11.2. The van der Waals surface area contributed by atoms with Crippen molar-refractivity contribution in [3.63, 3.8) is 0 Å². The molecule has 1 rings (SSSR count). The van der Waals surface area contributed by atoms with E-state index in [0.29, 0.717) is 10.0 Å². The Balaban J connectivity index is 2.95. The molecule has 0 aliphatic heterocycles. The van der Waals surface area contributed by atoms with Gasteiger partial charge < -0.3 is 5.73 Å². The minimum atomic E-state index is -0.925. The Bertz CT molecular complexity index is 373. The molecule has 0 fully saturated rings. The summed E-state index contributed by atoms with van der Waals surface area (Å²) in [5.74, 6) is -0.637. The third-order valence-corrected chi connectivity index (χ3v) is 1.80. The molecular formula is C8H6Cl2N2O2. The van der Waals surface area contributed by atoms with E-state index < -0.39 is 11.9 Å². The van der Waals surface area contributed by atoms with Crippen LogP contribution in [-0.2, 0) is 0 Å². The highest BCUT2D eigenvalue weighted by Crippen LogP contribution is 2.18. The van der Waals surface area contributed by atoms with Crippen molar-refractivity contribution in [1.82, 2.24) is 5.32 Å². The van der Waals surface area contributed by atoms with E-state index in [0.717, 1.165) is 0 Å². The summed E-state index contributed by atoms with van der Waals surface area (Å²) in [6, 6.07) is 3.31.